The fourth-order valence-electron chi connectivity index (χ4n) is 4.84. The zero-order chi connectivity index (χ0) is 27.0. The van der Waals surface area contributed by atoms with E-state index in [9.17, 15) is 8.42 Å². The fraction of sp³-hybridized carbons (Fsp3) is 0.375. The van der Waals surface area contributed by atoms with Gasteiger partial charge in [-0.05, 0) is 80.7 Å². The van der Waals surface area contributed by atoms with Crippen molar-refractivity contribution in [1.82, 2.24) is 9.30 Å². The first kappa shape index (κ1) is 27.9. The second-order valence-electron chi connectivity index (χ2n) is 9.91. The maximum atomic E-state index is 14.0. The number of hydrogen-bond donors (Lipinski definition) is 0. The molecule has 6 heteroatoms. The van der Waals surface area contributed by atoms with Gasteiger partial charge in [0.15, 0.2) is 0 Å². The zero-order valence-electron chi connectivity index (χ0n) is 22.9. The van der Waals surface area contributed by atoms with Crippen molar-refractivity contribution in [3.63, 3.8) is 0 Å². The summed E-state index contributed by atoms with van der Waals surface area (Å²) in [7, 11) is -3.78. The second-order valence-corrected chi connectivity index (χ2v) is 11.8. The van der Waals surface area contributed by atoms with Crippen LogP contribution in [0.1, 0.15) is 51.5 Å². The lowest BCUT2D eigenvalue weighted by molar-refractivity contribution is 0.228. The number of rotatable bonds is 14. The molecule has 0 atom stereocenters. The highest BCUT2D eigenvalue weighted by Gasteiger charge is 2.27. The van der Waals surface area contributed by atoms with Gasteiger partial charge in [-0.1, -0.05) is 63.1 Å². The van der Waals surface area contributed by atoms with Gasteiger partial charge in [0.1, 0.15) is 10.6 Å². The lowest BCUT2D eigenvalue weighted by atomic mass is 10.1. The second kappa shape index (κ2) is 13.1. The van der Waals surface area contributed by atoms with Crippen LogP contribution in [0.5, 0.6) is 5.75 Å². The Hall–Kier alpha value is -3.09. The Bertz CT molecular complexity index is 1420. The SMILES string of the molecule is CCCCN(CCCC)CCCOc1ccc(S(=O)(=O)c2c(-c3ccccc3)cn3ccccc23)cc1C. The number of ether oxygens (including phenoxy) is 1. The van der Waals surface area contributed by atoms with Crippen molar-refractivity contribution in [2.75, 3.05) is 26.2 Å². The predicted molar refractivity (Wildman–Crippen MR) is 156 cm³/mol. The van der Waals surface area contributed by atoms with Gasteiger partial charge in [-0.2, -0.15) is 0 Å². The van der Waals surface area contributed by atoms with Gasteiger partial charge in [0.2, 0.25) is 9.84 Å². The van der Waals surface area contributed by atoms with Crippen molar-refractivity contribution in [1.29, 1.82) is 0 Å². The molecule has 4 aromatic rings. The minimum Gasteiger partial charge on any atom is -0.493 e. The van der Waals surface area contributed by atoms with Gasteiger partial charge >= 0.3 is 0 Å². The Morgan fingerprint density at radius 3 is 2.21 bits per heavy atom. The van der Waals surface area contributed by atoms with Gasteiger partial charge in [0, 0.05) is 24.5 Å². The number of aromatic nitrogens is 1. The van der Waals surface area contributed by atoms with E-state index in [0.29, 0.717) is 22.6 Å². The van der Waals surface area contributed by atoms with E-state index in [-0.39, 0.29) is 4.90 Å². The molecule has 4 rings (SSSR count). The van der Waals surface area contributed by atoms with Gasteiger partial charge in [-0.15, -0.1) is 0 Å². The summed E-state index contributed by atoms with van der Waals surface area (Å²) in [4.78, 5) is 3.14. The van der Waals surface area contributed by atoms with E-state index >= 15 is 0 Å². The Labute approximate surface area is 228 Å². The Kier molecular flexibility index (Phi) is 9.64. The average Bonchev–Trinajstić information content (AvgIpc) is 3.34. The number of hydrogen-bond acceptors (Lipinski definition) is 4. The molecular formula is C32H40N2O3S. The number of fused-ring (bicyclic) bond motifs is 1. The molecule has 0 fully saturated rings. The van der Waals surface area contributed by atoms with Crippen LogP contribution in [0, 0.1) is 6.92 Å². The summed E-state index contributed by atoms with van der Waals surface area (Å²) in [5.74, 6) is 0.739. The van der Waals surface area contributed by atoms with Gasteiger partial charge in [-0.25, -0.2) is 8.42 Å². The van der Waals surface area contributed by atoms with E-state index in [1.807, 2.05) is 72.2 Å². The number of benzene rings is 2. The number of pyridine rings is 1. The van der Waals surface area contributed by atoms with Crippen molar-refractivity contribution in [2.24, 2.45) is 0 Å². The highest BCUT2D eigenvalue weighted by atomic mass is 32.2. The third kappa shape index (κ3) is 6.48. The van der Waals surface area contributed by atoms with E-state index < -0.39 is 9.84 Å². The average molecular weight is 533 g/mol. The topological polar surface area (TPSA) is 51.0 Å². The summed E-state index contributed by atoms with van der Waals surface area (Å²) < 4.78 is 36.0. The Balaban J connectivity index is 1.52. The van der Waals surface area contributed by atoms with Crippen molar-refractivity contribution in [2.45, 2.75) is 62.7 Å². The first-order valence-corrected chi connectivity index (χ1v) is 15.3. The highest BCUT2D eigenvalue weighted by Crippen LogP contribution is 2.37. The van der Waals surface area contributed by atoms with Gasteiger partial charge in [-0.3, -0.25) is 0 Å². The molecule has 2 aromatic carbocycles. The fourth-order valence-corrected chi connectivity index (χ4v) is 6.56. The van der Waals surface area contributed by atoms with E-state index in [1.165, 1.54) is 25.7 Å². The molecule has 0 amide bonds. The Morgan fingerprint density at radius 1 is 0.842 bits per heavy atom. The van der Waals surface area contributed by atoms with Gasteiger partial charge in [0.05, 0.1) is 17.0 Å². The van der Waals surface area contributed by atoms with Crippen molar-refractivity contribution in [3.8, 4) is 16.9 Å². The molecule has 5 nitrogen and oxygen atoms in total. The number of unbranched alkanes of at least 4 members (excludes halogenated alkanes) is 2. The lowest BCUT2D eigenvalue weighted by Crippen LogP contribution is -2.28. The first-order valence-electron chi connectivity index (χ1n) is 13.8. The van der Waals surface area contributed by atoms with Crippen molar-refractivity contribution in [3.05, 3.63) is 84.7 Å². The molecule has 2 heterocycles. The third-order valence-corrected chi connectivity index (χ3v) is 8.82. The molecular weight excluding hydrogens is 492 g/mol. The van der Waals surface area contributed by atoms with E-state index in [0.717, 1.165) is 42.9 Å². The third-order valence-electron chi connectivity index (χ3n) is 6.98. The molecule has 0 bridgehead atoms. The molecule has 202 valence electrons. The van der Waals surface area contributed by atoms with Crippen LogP contribution < -0.4 is 4.74 Å². The number of nitrogens with zero attached hydrogens (tertiary/aromatic N) is 2. The molecule has 38 heavy (non-hydrogen) atoms. The monoisotopic (exact) mass is 532 g/mol. The van der Waals surface area contributed by atoms with E-state index in [2.05, 4.69) is 18.7 Å². The standard InChI is InChI=1S/C32H40N2O3S/c1-4-6-19-33(20-7-5-2)21-13-23-37-31-18-17-28(24-26(31)3)38(35,36)32-29(27-14-9-8-10-15-27)25-34-22-12-11-16-30(32)34/h8-12,14-18,22,24-25H,4-7,13,19-21,23H2,1-3H3. The van der Waals surface area contributed by atoms with Crippen LogP contribution in [0.2, 0.25) is 0 Å². The van der Waals surface area contributed by atoms with Crippen molar-refractivity contribution >= 4 is 15.4 Å². The molecule has 2 aromatic heterocycles. The molecule has 0 unspecified atom stereocenters. The van der Waals surface area contributed by atoms with E-state index in [4.69, 9.17) is 4.74 Å². The van der Waals surface area contributed by atoms with Crippen LogP contribution >= 0.6 is 0 Å². The highest BCUT2D eigenvalue weighted by molar-refractivity contribution is 7.91. The smallest absolute Gasteiger partial charge is 0.209 e. The quantitative estimate of drug-likeness (QED) is 0.159. The minimum absolute atomic E-state index is 0.279. The summed E-state index contributed by atoms with van der Waals surface area (Å²) in [6.07, 6.45) is 9.59. The number of aryl methyl sites for hydroxylation is 1. The normalized spacial score (nSPS) is 11.9. The lowest BCUT2D eigenvalue weighted by Gasteiger charge is -2.22. The first-order chi connectivity index (χ1) is 18.5. The molecule has 0 aliphatic heterocycles. The zero-order valence-corrected chi connectivity index (χ0v) is 23.7. The molecule has 0 saturated heterocycles. The molecule has 0 aliphatic rings. The molecule has 0 N–H and O–H groups in total. The molecule has 0 radical (unpaired) electrons. The maximum Gasteiger partial charge on any atom is 0.209 e. The summed E-state index contributed by atoms with van der Waals surface area (Å²) in [6, 6.07) is 20.5. The van der Waals surface area contributed by atoms with Crippen LogP contribution in [0.25, 0.3) is 16.6 Å². The molecule has 0 spiro atoms. The summed E-state index contributed by atoms with van der Waals surface area (Å²) >= 11 is 0. The van der Waals surface area contributed by atoms with Gasteiger partial charge < -0.3 is 14.0 Å². The molecule has 0 saturated carbocycles. The summed E-state index contributed by atoms with van der Waals surface area (Å²) in [6.45, 7) is 10.3. The van der Waals surface area contributed by atoms with Crippen LogP contribution in [-0.2, 0) is 9.84 Å². The van der Waals surface area contributed by atoms with Crippen LogP contribution in [0.15, 0.2) is 88.9 Å². The van der Waals surface area contributed by atoms with Crippen LogP contribution in [-0.4, -0.2) is 44.0 Å². The molecule has 0 aliphatic carbocycles. The maximum absolute atomic E-state index is 14.0. The Morgan fingerprint density at radius 2 is 1.53 bits per heavy atom. The predicted octanol–water partition coefficient (Wildman–Crippen LogP) is 7.42. The summed E-state index contributed by atoms with van der Waals surface area (Å²) in [5, 5.41) is 0. The van der Waals surface area contributed by atoms with E-state index in [1.54, 1.807) is 18.2 Å². The van der Waals surface area contributed by atoms with Crippen LogP contribution in [0.4, 0.5) is 0 Å². The number of sulfone groups is 1. The largest absolute Gasteiger partial charge is 0.493 e. The van der Waals surface area contributed by atoms with Crippen LogP contribution in [0.3, 0.4) is 0 Å². The van der Waals surface area contributed by atoms with Gasteiger partial charge in [0.25, 0.3) is 0 Å². The minimum atomic E-state index is -3.78. The summed E-state index contributed by atoms with van der Waals surface area (Å²) in [5.41, 5.74) is 3.06. The van der Waals surface area contributed by atoms with Crippen molar-refractivity contribution < 1.29 is 13.2 Å².